The molecule has 0 fully saturated rings. The highest BCUT2D eigenvalue weighted by Gasteiger charge is 2.22. The number of aryl methyl sites for hydroxylation is 1. The molecule has 29 heavy (non-hydrogen) atoms. The fourth-order valence-electron chi connectivity index (χ4n) is 3.05. The number of esters is 1. The van der Waals surface area contributed by atoms with Gasteiger partial charge in [-0.3, -0.25) is 4.79 Å². The van der Waals surface area contributed by atoms with Crippen molar-refractivity contribution < 1.29 is 13.9 Å². The first-order chi connectivity index (χ1) is 14.1. The van der Waals surface area contributed by atoms with E-state index in [0.717, 1.165) is 11.3 Å². The summed E-state index contributed by atoms with van der Waals surface area (Å²) in [6, 6.07) is 11.3. The normalized spacial score (nSPS) is 11.4. The number of methoxy groups -OCH3 is 1. The van der Waals surface area contributed by atoms with E-state index in [4.69, 9.17) is 9.15 Å². The third-order valence-electron chi connectivity index (χ3n) is 4.50. The van der Waals surface area contributed by atoms with E-state index < -0.39 is 5.97 Å². The third-order valence-corrected chi connectivity index (χ3v) is 4.50. The summed E-state index contributed by atoms with van der Waals surface area (Å²) >= 11 is 0. The first kappa shape index (κ1) is 17.0. The highest BCUT2D eigenvalue weighted by molar-refractivity contribution is 5.82. The maximum atomic E-state index is 11.9. The van der Waals surface area contributed by atoms with Gasteiger partial charge in [-0.2, -0.15) is 14.6 Å². The van der Waals surface area contributed by atoms with Crippen molar-refractivity contribution >= 4 is 22.9 Å². The van der Waals surface area contributed by atoms with Crippen LogP contribution in [0.25, 0.3) is 34.2 Å². The summed E-state index contributed by atoms with van der Waals surface area (Å²) in [5.74, 6) is 0.766. The van der Waals surface area contributed by atoms with Crippen LogP contribution >= 0.6 is 0 Å². The highest BCUT2D eigenvalue weighted by Crippen LogP contribution is 2.23. The molecule has 5 rings (SSSR count). The Morgan fingerprint density at radius 1 is 1.14 bits per heavy atom. The summed E-state index contributed by atoms with van der Waals surface area (Å²) in [6.45, 7) is 2.00. The van der Waals surface area contributed by atoms with Gasteiger partial charge in [0, 0.05) is 0 Å². The highest BCUT2D eigenvalue weighted by atomic mass is 16.5. The summed E-state index contributed by atoms with van der Waals surface area (Å²) in [7, 11) is 1.33. The van der Waals surface area contributed by atoms with Crippen LogP contribution in [0.2, 0.25) is 0 Å². The molecular formula is C19H15N7O3. The standard InChI is InChI=1S/C19H15N7O3/c1-11-5-7-12(8-6-11)25-18-16(13(23-25)10-15(27)28-2)21-22-19-20-17(24-26(18)19)14-4-3-9-29-14/h3-9H,10H2,1-2H3. The van der Waals surface area contributed by atoms with Crippen LogP contribution in [0, 0.1) is 6.92 Å². The lowest BCUT2D eigenvalue weighted by atomic mass is 10.2. The Morgan fingerprint density at radius 2 is 1.97 bits per heavy atom. The Hall–Kier alpha value is -4.08. The molecule has 0 radical (unpaired) electrons. The predicted octanol–water partition coefficient (Wildman–Crippen LogP) is 2.14. The van der Waals surface area contributed by atoms with Crippen molar-refractivity contribution in [1.82, 2.24) is 34.6 Å². The number of carbonyl (C=O) groups is 1. The van der Waals surface area contributed by atoms with Gasteiger partial charge in [0.2, 0.25) is 5.82 Å². The zero-order chi connectivity index (χ0) is 20.0. The van der Waals surface area contributed by atoms with Gasteiger partial charge in [0.1, 0.15) is 5.69 Å². The summed E-state index contributed by atoms with van der Waals surface area (Å²) < 4.78 is 13.4. The van der Waals surface area contributed by atoms with E-state index in [1.807, 2.05) is 31.2 Å². The summed E-state index contributed by atoms with van der Waals surface area (Å²) in [5, 5.41) is 17.5. The number of hydrogen-bond donors (Lipinski definition) is 0. The number of furan rings is 1. The van der Waals surface area contributed by atoms with E-state index in [0.29, 0.717) is 34.2 Å². The number of nitrogens with zero attached hydrogens (tertiary/aromatic N) is 7. The molecule has 0 bridgehead atoms. The topological polar surface area (TPSA) is 113 Å². The number of hydrogen-bond acceptors (Lipinski definition) is 8. The van der Waals surface area contributed by atoms with Crippen LogP contribution in [0.4, 0.5) is 0 Å². The van der Waals surface area contributed by atoms with Crippen molar-refractivity contribution in [2.75, 3.05) is 7.11 Å². The van der Waals surface area contributed by atoms with Crippen LogP contribution < -0.4 is 0 Å². The van der Waals surface area contributed by atoms with Gasteiger partial charge in [-0.05, 0) is 31.2 Å². The lowest BCUT2D eigenvalue weighted by molar-refractivity contribution is -0.139. The number of rotatable bonds is 4. The molecule has 0 aliphatic rings. The van der Waals surface area contributed by atoms with E-state index in [2.05, 4.69) is 25.4 Å². The van der Waals surface area contributed by atoms with Crippen molar-refractivity contribution in [3.63, 3.8) is 0 Å². The van der Waals surface area contributed by atoms with Crippen LogP contribution in [0.15, 0.2) is 47.1 Å². The van der Waals surface area contributed by atoms with Crippen molar-refractivity contribution in [3.05, 3.63) is 53.9 Å². The molecular weight excluding hydrogens is 374 g/mol. The summed E-state index contributed by atoms with van der Waals surface area (Å²) in [6.07, 6.45) is 1.51. The Labute approximate surface area is 163 Å². The van der Waals surface area contributed by atoms with Gasteiger partial charge in [-0.1, -0.05) is 17.7 Å². The van der Waals surface area contributed by atoms with Gasteiger partial charge in [-0.25, -0.2) is 4.68 Å². The van der Waals surface area contributed by atoms with Crippen LogP contribution in [0.1, 0.15) is 11.3 Å². The maximum Gasteiger partial charge on any atom is 0.311 e. The summed E-state index contributed by atoms with van der Waals surface area (Å²) in [5.41, 5.74) is 3.34. The van der Waals surface area contributed by atoms with Crippen LogP contribution in [0.3, 0.4) is 0 Å². The molecule has 0 aliphatic heterocycles. The third kappa shape index (κ3) is 2.81. The number of aromatic nitrogens is 7. The van der Waals surface area contributed by atoms with Crippen molar-refractivity contribution in [1.29, 1.82) is 0 Å². The minimum absolute atomic E-state index is 0.0359. The Balaban J connectivity index is 1.79. The second-order valence-electron chi connectivity index (χ2n) is 6.44. The second-order valence-corrected chi connectivity index (χ2v) is 6.44. The molecule has 5 aromatic rings. The molecule has 0 saturated heterocycles. The van der Waals surface area contributed by atoms with Gasteiger partial charge < -0.3 is 9.15 Å². The fourth-order valence-corrected chi connectivity index (χ4v) is 3.05. The molecule has 4 heterocycles. The molecule has 1 aromatic carbocycles. The Kier molecular flexibility index (Phi) is 3.83. The predicted molar refractivity (Wildman–Crippen MR) is 101 cm³/mol. The molecule has 0 N–H and O–H groups in total. The second kappa shape index (κ2) is 6.51. The Bertz CT molecular complexity index is 1330. The molecule has 0 saturated carbocycles. The smallest absolute Gasteiger partial charge is 0.311 e. The first-order valence-corrected chi connectivity index (χ1v) is 8.83. The molecule has 0 aliphatic carbocycles. The van der Waals surface area contributed by atoms with Crippen LogP contribution in [-0.2, 0) is 16.0 Å². The molecule has 0 amide bonds. The average molecular weight is 389 g/mol. The SMILES string of the molecule is COC(=O)Cc1nn(-c2ccc(C)cc2)c2c1nnc1nc(-c3ccco3)nn12. The lowest BCUT2D eigenvalue weighted by Gasteiger charge is -2.04. The van der Waals surface area contributed by atoms with Crippen molar-refractivity contribution in [2.24, 2.45) is 0 Å². The first-order valence-electron chi connectivity index (χ1n) is 8.83. The van der Waals surface area contributed by atoms with Gasteiger partial charge in [0.05, 0.1) is 25.5 Å². The van der Waals surface area contributed by atoms with E-state index in [1.54, 1.807) is 27.6 Å². The lowest BCUT2D eigenvalue weighted by Crippen LogP contribution is -2.06. The number of ether oxygens (including phenoxy) is 1. The molecule has 0 unspecified atom stereocenters. The Morgan fingerprint density at radius 3 is 2.69 bits per heavy atom. The van der Waals surface area contributed by atoms with E-state index in [1.165, 1.54) is 7.11 Å². The zero-order valence-corrected chi connectivity index (χ0v) is 15.6. The number of fused-ring (bicyclic) bond motifs is 3. The number of benzene rings is 1. The van der Waals surface area contributed by atoms with Gasteiger partial charge in [-0.15, -0.1) is 15.3 Å². The largest absolute Gasteiger partial charge is 0.469 e. The van der Waals surface area contributed by atoms with Gasteiger partial charge >= 0.3 is 5.97 Å². The molecule has 0 spiro atoms. The van der Waals surface area contributed by atoms with E-state index in [9.17, 15) is 4.79 Å². The van der Waals surface area contributed by atoms with E-state index in [-0.39, 0.29) is 6.42 Å². The summed E-state index contributed by atoms with van der Waals surface area (Å²) in [4.78, 5) is 16.3. The van der Waals surface area contributed by atoms with Crippen molar-refractivity contribution in [2.45, 2.75) is 13.3 Å². The maximum absolute atomic E-state index is 11.9. The monoisotopic (exact) mass is 389 g/mol. The quantitative estimate of drug-likeness (QED) is 0.430. The van der Waals surface area contributed by atoms with Crippen molar-refractivity contribution in [3.8, 4) is 17.3 Å². The van der Waals surface area contributed by atoms with E-state index >= 15 is 0 Å². The average Bonchev–Trinajstić information content (AvgIpc) is 3.46. The number of carbonyl (C=O) groups excluding carboxylic acids is 1. The van der Waals surface area contributed by atoms with Gasteiger partial charge in [0.15, 0.2) is 16.9 Å². The molecule has 10 nitrogen and oxygen atoms in total. The molecule has 4 aromatic heterocycles. The molecule has 10 heteroatoms. The van der Waals surface area contributed by atoms with Crippen LogP contribution in [0.5, 0.6) is 0 Å². The van der Waals surface area contributed by atoms with Gasteiger partial charge in [0.25, 0.3) is 5.78 Å². The van der Waals surface area contributed by atoms with Crippen LogP contribution in [-0.4, -0.2) is 47.7 Å². The minimum Gasteiger partial charge on any atom is -0.469 e. The molecule has 0 atom stereocenters. The zero-order valence-electron chi connectivity index (χ0n) is 15.6. The molecule has 144 valence electrons. The minimum atomic E-state index is -0.419. The fraction of sp³-hybridized carbons (Fsp3) is 0.158.